The van der Waals surface area contributed by atoms with Gasteiger partial charge < -0.3 is 20.9 Å². The molecule has 0 amide bonds. The summed E-state index contributed by atoms with van der Waals surface area (Å²) < 4.78 is 10.5. The van der Waals surface area contributed by atoms with Gasteiger partial charge in [-0.1, -0.05) is 19.3 Å². The molecule has 0 heterocycles. The molecule has 0 atom stereocenters. The zero-order chi connectivity index (χ0) is 19.5. The minimum atomic E-state index is -0.329. The second kappa shape index (κ2) is 10.9. The highest BCUT2D eigenvalue weighted by Crippen LogP contribution is 2.10. The molecule has 0 aromatic heterocycles. The van der Waals surface area contributed by atoms with Crippen LogP contribution in [0.25, 0.3) is 0 Å². The molecule has 0 spiro atoms. The summed E-state index contributed by atoms with van der Waals surface area (Å²) in [5, 5.41) is 0. The Morgan fingerprint density at radius 3 is 1.30 bits per heavy atom. The van der Waals surface area contributed by atoms with Gasteiger partial charge in [0.2, 0.25) is 0 Å². The summed E-state index contributed by atoms with van der Waals surface area (Å²) in [6.07, 6.45) is 4.54. The van der Waals surface area contributed by atoms with E-state index < -0.39 is 0 Å². The van der Waals surface area contributed by atoms with E-state index in [0.29, 0.717) is 35.7 Å². The molecule has 0 radical (unpaired) electrons. The van der Waals surface area contributed by atoms with Crippen molar-refractivity contribution >= 4 is 23.3 Å². The molecule has 0 aliphatic heterocycles. The van der Waals surface area contributed by atoms with E-state index in [2.05, 4.69) is 0 Å². The predicted molar refractivity (Wildman–Crippen MR) is 105 cm³/mol. The molecule has 0 saturated carbocycles. The first kappa shape index (κ1) is 20.3. The molecular weight excluding hydrogens is 344 g/mol. The normalized spacial score (nSPS) is 10.4. The Bertz CT molecular complexity index is 663. The lowest BCUT2D eigenvalue weighted by atomic mass is 10.1. The van der Waals surface area contributed by atoms with Crippen molar-refractivity contribution in [1.29, 1.82) is 0 Å². The van der Waals surface area contributed by atoms with Crippen molar-refractivity contribution in [2.45, 2.75) is 32.1 Å². The van der Waals surface area contributed by atoms with Crippen molar-refractivity contribution in [2.24, 2.45) is 0 Å². The summed E-state index contributed by atoms with van der Waals surface area (Å²) >= 11 is 0. The van der Waals surface area contributed by atoms with Crippen LogP contribution in [0.15, 0.2) is 48.5 Å². The number of benzene rings is 2. The molecule has 6 heteroatoms. The number of carbonyl (C=O) groups excluding carboxylic acids is 2. The number of hydrogen-bond donors (Lipinski definition) is 2. The molecule has 2 aromatic rings. The highest BCUT2D eigenvalue weighted by Gasteiger charge is 2.07. The Labute approximate surface area is 159 Å². The molecule has 0 saturated heterocycles. The number of anilines is 2. The third-order valence-corrected chi connectivity index (χ3v) is 4.05. The highest BCUT2D eigenvalue weighted by atomic mass is 16.5. The first-order valence-electron chi connectivity index (χ1n) is 9.11. The number of nitrogens with two attached hydrogens (primary N) is 2. The van der Waals surface area contributed by atoms with Crippen molar-refractivity contribution in [2.75, 3.05) is 24.7 Å². The van der Waals surface area contributed by atoms with E-state index in [0.717, 1.165) is 32.1 Å². The van der Waals surface area contributed by atoms with Gasteiger partial charge in [-0.25, -0.2) is 9.59 Å². The molecule has 4 N–H and O–H groups in total. The number of rotatable bonds is 10. The van der Waals surface area contributed by atoms with Gasteiger partial charge in [0.05, 0.1) is 24.3 Å². The Morgan fingerprint density at radius 2 is 0.926 bits per heavy atom. The van der Waals surface area contributed by atoms with Crippen LogP contribution < -0.4 is 11.5 Å². The fourth-order valence-corrected chi connectivity index (χ4v) is 2.47. The molecule has 2 aromatic carbocycles. The van der Waals surface area contributed by atoms with Gasteiger partial charge in [-0.15, -0.1) is 0 Å². The minimum Gasteiger partial charge on any atom is -0.462 e. The summed E-state index contributed by atoms with van der Waals surface area (Å²) in [4.78, 5) is 23.6. The van der Waals surface area contributed by atoms with Gasteiger partial charge in [-0.2, -0.15) is 0 Å². The Kier molecular flexibility index (Phi) is 8.16. The van der Waals surface area contributed by atoms with E-state index >= 15 is 0 Å². The van der Waals surface area contributed by atoms with E-state index in [1.54, 1.807) is 48.5 Å². The van der Waals surface area contributed by atoms with Crippen molar-refractivity contribution in [3.05, 3.63) is 59.7 Å². The van der Waals surface area contributed by atoms with Crippen LogP contribution in [-0.2, 0) is 9.47 Å². The van der Waals surface area contributed by atoms with E-state index in [1.165, 1.54) is 0 Å². The van der Waals surface area contributed by atoms with E-state index in [4.69, 9.17) is 20.9 Å². The number of hydrogen-bond acceptors (Lipinski definition) is 6. The maximum Gasteiger partial charge on any atom is 0.338 e. The maximum absolute atomic E-state index is 11.8. The molecular formula is C21H26N2O4. The minimum absolute atomic E-state index is 0.329. The fourth-order valence-electron chi connectivity index (χ4n) is 2.47. The number of nitrogen functional groups attached to an aromatic ring is 2. The quantitative estimate of drug-likeness (QED) is 0.374. The van der Waals surface area contributed by atoms with Gasteiger partial charge in [0.15, 0.2) is 0 Å². The number of ether oxygens (including phenoxy) is 2. The Morgan fingerprint density at radius 1 is 0.593 bits per heavy atom. The van der Waals surface area contributed by atoms with Crippen molar-refractivity contribution in [3.8, 4) is 0 Å². The van der Waals surface area contributed by atoms with E-state index in [-0.39, 0.29) is 11.9 Å². The van der Waals surface area contributed by atoms with E-state index in [1.807, 2.05) is 0 Å². The van der Waals surface area contributed by atoms with Crippen LogP contribution in [0.2, 0.25) is 0 Å². The maximum atomic E-state index is 11.8. The highest BCUT2D eigenvalue weighted by molar-refractivity contribution is 5.90. The zero-order valence-corrected chi connectivity index (χ0v) is 15.4. The summed E-state index contributed by atoms with van der Waals surface area (Å²) in [6, 6.07) is 13.3. The van der Waals surface area contributed by atoms with Crippen LogP contribution >= 0.6 is 0 Å². The molecule has 6 nitrogen and oxygen atoms in total. The van der Waals surface area contributed by atoms with E-state index in [9.17, 15) is 9.59 Å². The smallest absolute Gasteiger partial charge is 0.338 e. The molecule has 2 rings (SSSR count). The third kappa shape index (κ3) is 7.40. The topological polar surface area (TPSA) is 105 Å². The second-order valence-corrected chi connectivity index (χ2v) is 6.28. The van der Waals surface area contributed by atoms with Gasteiger partial charge in [-0.3, -0.25) is 0 Å². The van der Waals surface area contributed by atoms with Crippen LogP contribution in [-0.4, -0.2) is 25.2 Å². The summed E-state index contributed by atoms with van der Waals surface area (Å²) in [6.45, 7) is 0.796. The summed E-state index contributed by atoms with van der Waals surface area (Å²) in [5.41, 5.74) is 13.4. The van der Waals surface area contributed by atoms with Crippen LogP contribution in [0, 0.1) is 0 Å². The lowest BCUT2D eigenvalue weighted by Crippen LogP contribution is -2.07. The lowest BCUT2D eigenvalue weighted by molar-refractivity contribution is 0.0496. The van der Waals surface area contributed by atoms with Gasteiger partial charge >= 0.3 is 11.9 Å². The Hall–Kier alpha value is -3.02. The molecule has 0 fully saturated rings. The fraction of sp³-hybridized carbons (Fsp3) is 0.333. The number of esters is 2. The van der Waals surface area contributed by atoms with Gasteiger partial charge in [0.25, 0.3) is 0 Å². The second-order valence-electron chi connectivity index (χ2n) is 6.28. The van der Waals surface area contributed by atoms with Crippen LogP contribution in [0.1, 0.15) is 52.8 Å². The predicted octanol–water partition coefficient (Wildman–Crippen LogP) is 3.82. The standard InChI is InChI=1S/C21H26N2O4/c22-18-10-6-16(7-11-18)20(24)26-14-4-2-1-3-5-15-27-21(25)17-8-12-19(23)13-9-17/h6-13H,1-5,14-15,22-23H2. The SMILES string of the molecule is Nc1ccc(C(=O)OCCCCCCCOC(=O)c2ccc(N)cc2)cc1. The Balaban J connectivity index is 1.47. The molecule has 0 aliphatic rings. The van der Waals surface area contributed by atoms with Gasteiger partial charge in [0, 0.05) is 11.4 Å². The van der Waals surface area contributed by atoms with Crippen molar-refractivity contribution < 1.29 is 19.1 Å². The molecule has 0 aliphatic carbocycles. The monoisotopic (exact) mass is 370 g/mol. The lowest BCUT2D eigenvalue weighted by Gasteiger charge is -2.06. The van der Waals surface area contributed by atoms with Crippen molar-refractivity contribution in [1.82, 2.24) is 0 Å². The van der Waals surface area contributed by atoms with Crippen molar-refractivity contribution in [3.63, 3.8) is 0 Å². The largest absolute Gasteiger partial charge is 0.462 e. The summed E-state index contributed by atoms with van der Waals surface area (Å²) in [5.74, 6) is -0.658. The van der Waals surface area contributed by atoms with Crippen LogP contribution in [0.5, 0.6) is 0 Å². The first-order valence-corrected chi connectivity index (χ1v) is 9.11. The molecule has 27 heavy (non-hydrogen) atoms. The zero-order valence-electron chi connectivity index (χ0n) is 15.4. The average Bonchev–Trinajstić information content (AvgIpc) is 2.67. The van der Waals surface area contributed by atoms with Gasteiger partial charge in [0.1, 0.15) is 0 Å². The van der Waals surface area contributed by atoms with Crippen LogP contribution in [0.3, 0.4) is 0 Å². The molecule has 0 unspecified atom stereocenters. The molecule has 0 bridgehead atoms. The van der Waals surface area contributed by atoms with Crippen LogP contribution in [0.4, 0.5) is 11.4 Å². The number of unbranched alkanes of at least 4 members (excludes halogenated alkanes) is 4. The van der Waals surface area contributed by atoms with Gasteiger partial charge in [-0.05, 0) is 61.4 Å². The molecule has 144 valence electrons. The third-order valence-electron chi connectivity index (χ3n) is 4.05. The number of carbonyl (C=O) groups is 2. The summed E-state index contributed by atoms with van der Waals surface area (Å²) in [7, 11) is 0. The average molecular weight is 370 g/mol. The first-order chi connectivity index (χ1) is 13.1.